The summed E-state index contributed by atoms with van der Waals surface area (Å²) in [6.45, 7) is 0. The summed E-state index contributed by atoms with van der Waals surface area (Å²) in [5, 5.41) is 8.36. The van der Waals surface area contributed by atoms with Crippen LogP contribution in [0.25, 0.3) is 0 Å². The fraction of sp³-hybridized carbons (Fsp3) is 0.692. The third kappa shape index (κ3) is 2.83. The number of rotatable bonds is 2. The maximum atomic E-state index is 5.36. The molecular weight excluding hydrogens is 262 g/mol. The highest BCUT2D eigenvalue weighted by Crippen LogP contribution is 2.29. The first kappa shape index (κ1) is 12.4. The SMILES string of the molecule is S=C(Nc1nc2c(s1)CCCC2)NC1CCCC1. The van der Waals surface area contributed by atoms with E-state index in [2.05, 4.69) is 15.6 Å². The molecule has 0 atom stereocenters. The molecule has 0 bridgehead atoms. The van der Waals surface area contributed by atoms with E-state index in [9.17, 15) is 0 Å². The van der Waals surface area contributed by atoms with Crippen molar-refractivity contribution in [3.8, 4) is 0 Å². The van der Waals surface area contributed by atoms with E-state index in [1.165, 1.54) is 55.5 Å². The number of thiazole rings is 1. The zero-order valence-electron chi connectivity index (χ0n) is 10.5. The van der Waals surface area contributed by atoms with E-state index in [0.717, 1.165) is 16.7 Å². The molecule has 1 aromatic rings. The molecule has 1 aromatic heterocycles. The molecule has 2 aliphatic rings. The van der Waals surface area contributed by atoms with Crippen LogP contribution in [0.15, 0.2) is 0 Å². The predicted octanol–water partition coefficient (Wildman–Crippen LogP) is 3.25. The van der Waals surface area contributed by atoms with E-state index in [4.69, 9.17) is 12.2 Å². The largest absolute Gasteiger partial charge is 0.360 e. The number of anilines is 1. The average molecular weight is 281 g/mol. The average Bonchev–Trinajstić information content (AvgIpc) is 2.96. The predicted molar refractivity (Wildman–Crippen MR) is 80.4 cm³/mol. The van der Waals surface area contributed by atoms with Crippen molar-refractivity contribution in [2.45, 2.75) is 57.4 Å². The van der Waals surface area contributed by atoms with Crippen molar-refractivity contribution < 1.29 is 0 Å². The quantitative estimate of drug-likeness (QED) is 0.816. The van der Waals surface area contributed by atoms with Crippen molar-refractivity contribution >= 4 is 33.8 Å². The van der Waals surface area contributed by atoms with Gasteiger partial charge in [0.1, 0.15) is 0 Å². The summed E-state index contributed by atoms with van der Waals surface area (Å²) >= 11 is 7.13. The molecule has 0 amide bonds. The summed E-state index contributed by atoms with van der Waals surface area (Å²) in [4.78, 5) is 6.10. The second-order valence-corrected chi connectivity index (χ2v) is 6.67. The van der Waals surface area contributed by atoms with Crippen molar-refractivity contribution in [3.63, 3.8) is 0 Å². The van der Waals surface area contributed by atoms with Gasteiger partial charge in [0.25, 0.3) is 0 Å². The van der Waals surface area contributed by atoms with E-state index in [-0.39, 0.29) is 0 Å². The van der Waals surface area contributed by atoms with Crippen LogP contribution in [0.3, 0.4) is 0 Å². The smallest absolute Gasteiger partial charge is 0.189 e. The molecular formula is C13H19N3S2. The Kier molecular flexibility index (Phi) is 3.80. The fourth-order valence-corrected chi connectivity index (χ4v) is 4.18. The highest BCUT2D eigenvalue weighted by Gasteiger charge is 2.18. The first-order chi connectivity index (χ1) is 8.81. The van der Waals surface area contributed by atoms with Crippen molar-refractivity contribution in [1.29, 1.82) is 0 Å². The van der Waals surface area contributed by atoms with Crippen LogP contribution in [-0.4, -0.2) is 16.1 Å². The van der Waals surface area contributed by atoms with Gasteiger partial charge in [0.05, 0.1) is 5.69 Å². The summed E-state index contributed by atoms with van der Waals surface area (Å²) in [5.41, 5.74) is 1.29. The molecule has 3 nitrogen and oxygen atoms in total. The van der Waals surface area contributed by atoms with Gasteiger partial charge in [0, 0.05) is 10.9 Å². The van der Waals surface area contributed by atoms with Gasteiger partial charge in [-0.1, -0.05) is 12.8 Å². The Hall–Kier alpha value is -0.680. The summed E-state index contributed by atoms with van der Waals surface area (Å²) in [6, 6.07) is 0.569. The van der Waals surface area contributed by atoms with Crippen LogP contribution in [0.2, 0.25) is 0 Å². The van der Waals surface area contributed by atoms with Gasteiger partial charge >= 0.3 is 0 Å². The van der Waals surface area contributed by atoms with Gasteiger partial charge in [0.2, 0.25) is 0 Å². The molecule has 0 radical (unpaired) electrons. The lowest BCUT2D eigenvalue weighted by atomic mass is 10.0. The monoisotopic (exact) mass is 281 g/mol. The topological polar surface area (TPSA) is 37.0 Å². The second-order valence-electron chi connectivity index (χ2n) is 5.18. The first-order valence-corrected chi connectivity index (χ1v) is 8.10. The molecule has 0 unspecified atom stereocenters. The summed E-state index contributed by atoms with van der Waals surface area (Å²) in [6.07, 6.45) is 10.1. The van der Waals surface area contributed by atoms with Gasteiger partial charge in [0.15, 0.2) is 10.2 Å². The normalized spacial score (nSPS) is 19.6. The number of hydrogen-bond acceptors (Lipinski definition) is 3. The molecule has 18 heavy (non-hydrogen) atoms. The maximum absolute atomic E-state index is 5.36. The zero-order valence-corrected chi connectivity index (χ0v) is 12.1. The Morgan fingerprint density at radius 3 is 2.72 bits per heavy atom. The third-order valence-corrected chi connectivity index (χ3v) is 5.05. The zero-order chi connectivity index (χ0) is 12.4. The number of hydrogen-bond donors (Lipinski definition) is 2. The van der Waals surface area contributed by atoms with E-state index >= 15 is 0 Å². The highest BCUT2D eigenvalue weighted by atomic mass is 32.1. The Morgan fingerprint density at radius 2 is 1.94 bits per heavy atom. The Morgan fingerprint density at radius 1 is 1.17 bits per heavy atom. The van der Waals surface area contributed by atoms with Crippen molar-refractivity contribution in [2.75, 3.05) is 5.32 Å². The van der Waals surface area contributed by atoms with Gasteiger partial charge < -0.3 is 10.6 Å². The number of nitrogens with zero attached hydrogens (tertiary/aromatic N) is 1. The lowest BCUT2D eigenvalue weighted by Gasteiger charge is -2.14. The van der Waals surface area contributed by atoms with Crippen molar-refractivity contribution in [1.82, 2.24) is 10.3 Å². The molecule has 1 fully saturated rings. The number of thiocarbonyl (C=S) groups is 1. The summed E-state index contributed by atoms with van der Waals surface area (Å²) < 4.78 is 0. The first-order valence-electron chi connectivity index (χ1n) is 6.87. The molecule has 5 heteroatoms. The highest BCUT2D eigenvalue weighted by molar-refractivity contribution is 7.80. The molecule has 0 aliphatic heterocycles. The second kappa shape index (κ2) is 5.53. The molecule has 0 aromatic carbocycles. The van der Waals surface area contributed by atoms with Gasteiger partial charge in [-0.2, -0.15) is 0 Å². The van der Waals surface area contributed by atoms with E-state index < -0.39 is 0 Å². The number of aromatic nitrogens is 1. The van der Waals surface area contributed by atoms with Crippen LogP contribution in [0.5, 0.6) is 0 Å². The number of aryl methyl sites for hydroxylation is 2. The van der Waals surface area contributed by atoms with Crippen molar-refractivity contribution in [2.24, 2.45) is 0 Å². The van der Waals surface area contributed by atoms with Gasteiger partial charge in [-0.15, -0.1) is 11.3 Å². The van der Waals surface area contributed by atoms with Crippen LogP contribution in [0.4, 0.5) is 5.13 Å². The standard InChI is InChI=1S/C13H19N3S2/c17-12(14-9-5-1-2-6-9)16-13-15-10-7-3-4-8-11(10)18-13/h9H,1-8H2,(H2,14,15,16,17). The molecule has 3 rings (SSSR count). The van der Waals surface area contributed by atoms with Crippen molar-refractivity contribution in [3.05, 3.63) is 10.6 Å². The molecule has 2 N–H and O–H groups in total. The third-order valence-electron chi connectivity index (χ3n) is 3.76. The summed E-state index contributed by atoms with van der Waals surface area (Å²) in [5.74, 6) is 0. The van der Waals surface area contributed by atoms with Crippen LogP contribution < -0.4 is 10.6 Å². The van der Waals surface area contributed by atoms with E-state index in [1.54, 1.807) is 11.3 Å². The lowest BCUT2D eigenvalue weighted by Crippen LogP contribution is -2.35. The number of fused-ring (bicyclic) bond motifs is 1. The summed E-state index contributed by atoms with van der Waals surface area (Å²) in [7, 11) is 0. The van der Waals surface area contributed by atoms with Gasteiger partial charge in [-0.3, -0.25) is 0 Å². The van der Waals surface area contributed by atoms with E-state index in [0.29, 0.717) is 6.04 Å². The van der Waals surface area contributed by atoms with Crippen LogP contribution >= 0.6 is 23.6 Å². The Bertz CT molecular complexity index is 412. The maximum Gasteiger partial charge on any atom is 0.189 e. The Balaban J connectivity index is 1.58. The van der Waals surface area contributed by atoms with Gasteiger partial charge in [-0.25, -0.2) is 4.98 Å². The Labute approximate surface area is 117 Å². The van der Waals surface area contributed by atoms with E-state index in [1.807, 2.05) is 0 Å². The minimum absolute atomic E-state index is 0.569. The van der Waals surface area contributed by atoms with Gasteiger partial charge in [-0.05, 0) is 50.7 Å². The lowest BCUT2D eigenvalue weighted by molar-refractivity contribution is 0.634. The fourth-order valence-electron chi connectivity index (χ4n) is 2.79. The van der Waals surface area contributed by atoms with Crippen LogP contribution in [-0.2, 0) is 12.8 Å². The molecule has 0 saturated heterocycles. The molecule has 0 spiro atoms. The molecule has 2 aliphatic carbocycles. The number of nitrogens with one attached hydrogen (secondary N) is 2. The van der Waals surface area contributed by atoms with Crippen LogP contribution in [0, 0.1) is 0 Å². The van der Waals surface area contributed by atoms with Crippen LogP contribution in [0.1, 0.15) is 49.1 Å². The minimum Gasteiger partial charge on any atom is -0.360 e. The minimum atomic E-state index is 0.569. The molecule has 1 heterocycles. The molecule has 1 saturated carbocycles. The molecule has 98 valence electrons.